The first-order chi connectivity index (χ1) is 10.2. The average molecular weight is 289 g/mol. The molecule has 110 valence electrons. The van der Waals surface area contributed by atoms with E-state index in [1.54, 1.807) is 23.2 Å². The van der Waals surface area contributed by atoms with Gasteiger partial charge in [-0.2, -0.15) is 5.10 Å². The lowest BCUT2D eigenvalue weighted by Gasteiger charge is -2.35. The minimum atomic E-state index is -0.505. The number of nitrogens with one attached hydrogen (secondary N) is 1. The van der Waals surface area contributed by atoms with Gasteiger partial charge in [0.2, 0.25) is 0 Å². The summed E-state index contributed by atoms with van der Waals surface area (Å²) in [5.74, 6) is -0.829. The molecule has 0 saturated carbocycles. The number of H-pyrrole nitrogens is 1. The van der Waals surface area contributed by atoms with Crippen LogP contribution in [0.25, 0.3) is 0 Å². The summed E-state index contributed by atoms with van der Waals surface area (Å²) in [5, 5.41) is 6.90. The number of amides is 1. The number of nitrogens with zero attached hydrogens (tertiary/aromatic N) is 2. The molecule has 0 bridgehead atoms. The molecule has 1 unspecified atom stereocenters. The van der Waals surface area contributed by atoms with Gasteiger partial charge in [0.1, 0.15) is 5.82 Å². The lowest BCUT2D eigenvalue weighted by atomic mass is 10.1. The minimum absolute atomic E-state index is 0.0848. The van der Waals surface area contributed by atoms with Crippen LogP contribution in [0, 0.1) is 12.7 Å². The molecule has 3 rings (SSSR count). The molecule has 1 fully saturated rings. The molecular weight excluding hydrogens is 273 g/mol. The van der Waals surface area contributed by atoms with E-state index in [1.165, 1.54) is 12.1 Å². The number of aromatic nitrogens is 2. The first-order valence-electron chi connectivity index (χ1n) is 6.81. The number of carbonyl (C=O) groups is 1. The van der Waals surface area contributed by atoms with Gasteiger partial charge in [-0.1, -0.05) is 12.1 Å². The standard InChI is InChI=1S/C15H16FN3O2/c1-10-8-17-18-14(10)13-9-21-7-6-19(13)15(20)11-4-2-3-5-12(11)16/h2-5,8,13H,6-7,9H2,1H3,(H,17,18). The van der Waals surface area contributed by atoms with Crippen molar-refractivity contribution in [1.82, 2.24) is 15.1 Å². The third kappa shape index (κ3) is 2.54. The van der Waals surface area contributed by atoms with E-state index >= 15 is 0 Å². The van der Waals surface area contributed by atoms with Crippen molar-refractivity contribution in [1.29, 1.82) is 0 Å². The molecule has 0 radical (unpaired) electrons. The van der Waals surface area contributed by atoms with Crippen LogP contribution < -0.4 is 0 Å². The maximum atomic E-state index is 13.8. The Bertz CT molecular complexity index is 656. The molecule has 1 N–H and O–H groups in total. The van der Waals surface area contributed by atoms with E-state index < -0.39 is 5.82 Å². The van der Waals surface area contributed by atoms with E-state index in [0.29, 0.717) is 19.8 Å². The Morgan fingerprint density at radius 2 is 2.29 bits per heavy atom. The van der Waals surface area contributed by atoms with Crippen LogP contribution in [-0.4, -0.2) is 40.8 Å². The van der Waals surface area contributed by atoms with Crippen molar-refractivity contribution in [2.24, 2.45) is 0 Å². The highest BCUT2D eigenvalue weighted by atomic mass is 19.1. The van der Waals surface area contributed by atoms with Gasteiger partial charge in [-0.3, -0.25) is 9.89 Å². The van der Waals surface area contributed by atoms with Crippen LogP contribution in [-0.2, 0) is 4.74 Å². The Morgan fingerprint density at radius 1 is 1.48 bits per heavy atom. The number of rotatable bonds is 2. The second-order valence-electron chi connectivity index (χ2n) is 5.04. The highest BCUT2D eigenvalue weighted by Crippen LogP contribution is 2.27. The van der Waals surface area contributed by atoms with E-state index in [2.05, 4.69) is 10.2 Å². The predicted octanol–water partition coefficient (Wildman–Crippen LogP) is 2.07. The number of morpholine rings is 1. The summed E-state index contributed by atoms with van der Waals surface area (Å²) in [5.41, 5.74) is 1.87. The van der Waals surface area contributed by atoms with Gasteiger partial charge in [-0.25, -0.2) is 4.39 Å². The van der Waals surface area contributed by atoms with Crippen LogP contribution in [0.3, 0.4) is 0 Å². The number of aryl methyl sites for hydroxylation is 1. The van der Waals surface area contributed by atoms with E-state index in [0.717, 1.165) is 11.3 Å². The van der Waals surface area contributed by atoms with Crippen LogP contribution in [0.5, 0.6) is 0 Å². The summed E-state index contributed by atoms with van der Waals surface area (Å²) in [6, 6.07) is 5.76. The third-order valence-corrected chi connectivity index (χ3v) is 3.69. The quantitative estimate of drug-likeness (QED) is 0.920. The van der Waals surface area contributed by atoms with E-state index in [9.17, 15) is 9.18 Å². The maximum Gasteiger partial charge on any atom is 0.257 e. The average Bonchev–Trinajstić information content (AvgIpc) is 2.93. The molecule has 6 heteroatoms. The van der Waals surface area contributed by atoms with Gasteiger partial charge in [0, 0.05) is 6.54 Å². The molecule has 21 heavy (non-hydrogen) atoms. The van der Waals surface area contributed by atoms with Crippen LogP contribution >= 0.6 is 0 Å². The zero-order valence-corrected chi connectivity index (χ0v) is 11.7. The molecule has 1 aromatic carbocycles. The molecular formula is C15H16FN3O2. The number of hydrogen-bond acceptors (Lipinski definition) is 3. The number of hydrogen-bond donors (Lipinski definition) is 1. The summed E-state index contributed by atoms with van der Waals surface area (Å²) >= 11 is 0. The van der Waals surface area contributed by atoms with Crippen molar-refractivity contribution >= 4 is 5.91 Å². The van der Waals surface area contributed by atoms with Crippen molar-refractivity contribution in [3.63, 3.8) is 0 Å². The van der Waals surface area contributed by atoms with Gasteiger partial charge in [-0.05, 0) is 24.6 Å². The Hall–Kier alpha value is -2.21. The van der Waals surface area contributed by atoms with Crippen LogP contribution in [0.15, 0.2) is 30.5 Å². The third-order valence-electron chi connectivity index (χ3n) is 3.69. The number of carbonyl (C=O) groups excluding carboxylic acids is 1. The lowest BCUT2D eigenvalue weighted by Crippen LogP contribution is -2.44. The second kappa shape index (κ2) is 5.65. The van der Waals surface area contributed by atoms with Crippen molar-refractivity contribution in [2.75, 3.05) is 19.8 Å². The molecule has 2 aromatic rings. The highest BCUT2D eigenvalue weighted by molar-refractivity contribution is 5.94. The molecule has 1 aromatic heterocycles. The first kappa shape index (κ1) is 13.8. The number of halogens is 1. The molecule has 0 aliphatic carbocycles. The van der Waals surface area contributed by atoms with Crippen molar-refractivity contribution in [2.45, 2.75) is 13.0 Å². The molecule has 1 saturated heterocycles. The summed E-state index contributed by atoms with van der Waals surface area (Å²) in [6.07, 6.45) is 1.70. The fourth-order valence-corrected chi connectivity index (χ4v) is 2.57. The number of aromatic amines is 1. The van der Waals surface area contributed by atoms with E-state index in [-0.39, 0.29) is 17.5 Å². The number of benzene rings is 1. The summed E-state index contributed by atoms with van der Waals surface area (Å²) in [7, 11) is 0. The van der Waals surface area contributed by atoms with Crippen molar-refractivity contribution in [3.8, 4) is 0 Å². The topological polar surface area (TPSA) is 58.2 Å². The minimum Gasteiger partial charge on any atom is -0.377 e. The van der Waals surface area contributed by atoms with Gasteiger partial charge in [0.15, 0.2) is 0 Å². The molecule has 1 aliphatic heterocycles. The molecule has 1 atom stereocenters. The molecule has 5 nitrogen and oxygen atoms in total. The van der Waals surface area contributed by atoms with Gasteiger partial charge < -0.3 is 9.64 Å². The van der Waals surface area contributed by atoms with E-state index in [4.69, 9.17) is 4.74 Å². The normalized spacial score (nSPS) is 18.8. The Labute approximate surface area is 121 Å². The summed E-state index contributed by atoms with van der Waals surface area (Å²) in [4.78, 5) is 14.3. The zero-order valence-electron chi connectivity index (χ0n) is 11.7. The Kier molecular flexibility index (Phi) is 3.70. The summed E-state index contributed by atoms with van der Waals surface area (Å²) < 4.78 is 19.3. The SMILES string of the molecule is Cc1cn[nH]c1C1COCCN1C(=O)c1ccccc1F. The van der Waals surface area contributed by atoms with Gasteiger partial charge in [0.25, 0.3) is 5.91 Å². The maximum absolute atomic E-state index is 13.8. The van der Waals surface area contributed by atoms with Crippen molar-refractivity contribution < 1.29 is 13.9 Å². The highest BCUT2D eigenvalue weighted by Gasteiger charge is 2.32. The van der Waals surface area contributed by atoms with Gasteiger partial charge in [0.05, 0.1) is 36.7 Å². The van der Waals surface area contributed by atoms with Gasteiger partial charge in [-0.15, -0.1) is 0 Å². The van der Waals surface area contributed by atoms with Crippen molar-refractivity contribution in [3.05, 3.63) is 53.1 Å². The van der Waals surface area contributed by atoms with Gasteiger partial charge >= 0.3 is 0 Å². The lowest BCUT2D eigenvalue weighted by molar-refractivity contribution is -0.00430. The molecule has 1 amide bonds. The molecule has 2 heterocycles. The fraction of sp³-hybridized carbons (Fsp3) is 0.333. The fourth-order valence-electron chi connectivity index (χ4n) is 2.57. The summed E-state index contributed by atoms with van der Waals surface area (Å²) in [6.45, 7) is 3.17. The smallest absolute Gasteiger partial charge is 0.257 e. The Morgan fingerprint density at radius 3 is 3.00 bits per heavy atom. The molecule has 1 aliphatic rings. The van der Waals surface area contributed by atoms with Crippen LogP contribution in [0.2, 0.25) is 0 Å². The number of ether oxygens (including phenoxy) is 1. The predicted molar refractivity (Wildman–Crippen MR) is 74.3 cm³/mol. The zero-order chi connectivity index (χ0) is 14.8. The monoisotopic (exact) mass is 289 g/mol. The van der Waals surface area contributed by atoms with Crippen LogP contribution in [0.1, 0.15) is 27.7 Å². The van der Waals surface area contributed by atoms with E-state index in [1.807, 2.05) is 6.92 Å². The van der Waals surface area contributed by atoms with Crippen LogP contribution in [0.4, 0.5) is 4.39 Å². The largest absolute Gasteiger partial charge is 0.377 e. The Balaban J connectivity index is 1.93. The second-order valence-corrected chi connectivity index (χ2v) is 5.04. The first-order valence-corrected chi connectivity index (χ1v) is 6.81. The molecule has 0 spiro atoms.